The van der Waals surface area contributed by atoms with Gasteiger partial charge in [-0.15, -0.1) is 11.3 Å². The van der Waals surface area contributed by atoms with Crippen LogP contribution in [0, 0.1) is 0 Å². The molecule has 0 saturated carbocycles. The third kappa shape index (κ3) is 3.17. The summed E-state index contributed by atoms with van der Waals surface area (Å²) in [6.45, 7) is 1.79. The van der Waals surface area contributed by atoms with Gasteiger partial charge in [-0.3, -0.25) is 9.29 Å². The van der Waals surface area contributed by atoms with Gasteiger partial charge in [-0.1, -0.05) is 11.6 Å². The van der Waals surface area contributed by atoms with Gasteiger partial charge in [0.1, 0.15) is 4.21 Å². The summed E-state index contributed by atoms with van der Waals surface area (Å²) in [5.74, 6) is -1.17. The minimum Gasteiger partial charge on any atom is -0.478 e. The van der Waals surface area contributed by atoms with Crippen LogP contribution >= 0.6 is 22.9 Å². The highest BCUT2D eigenvalue weighted by molar-refractivity contribution is 7.94. The Bertz CT molecular complexity index is 773. The molecule has 112 valence electrons. The Labute approximate surface area is 130 Å². The van der Waals surface area contributed by atoms with Crippen LogP contribution < -0.4 is 4.31 Å². The molecule has 2 aromatic heterocycles. The maximum atomic E-state index is 12.6. The van der Waals surface area contributed by atoms with E-state index in [1.165, 1.54) is 24.4 Å². The lowest BCUT2D eigenvalue weighted by Gasteiger charge is -2.21. The van der Waals surface area contributed by atoms with E-state index in [1.54, 1.807) is 6.92 Å². The minimum atomic E-state index is -3.79. The monoisotopic (exact) mass is 346 g/mol. The predicted octanol–water partition coefficient (Wildman–Crippen LogP) is 2.71. The molecule has 0 aliphatic heterocycles. The van der Waals surface area contributed by atoms with E-state index in [-0.39, 0.29) is 22.0 Å². The second-order valence-electron chi connectivity index (χ2n) is 3.97. The highest BCUT2D eigenvalue weighted by Gasteiger charge is 2.26. The van der Waals surface area contributed by atoms with Crippen LogP contribution in [-0.2, 0) is 10.0 Å². The van der Waals surface area contributed by atoms with Crippen LogP contribution in [0.15, 0.2) is 34.8 Å². The lowest BCUT2D eigenvalue weighted by Crippen LogP contribution is -2.30. The standard InChI is InChI=1S/C12H11ClN2O4S2/c1-2-15(9-5-8(12(16)17)6-14-7-9)21(18,19)11-4-3-10(13)20-11/h3-7H,2H2,1H3,(H,16,17). The first-order chi connectivity index (χ1) is 9.86. The number of rotatable bonds is 5. The van der Waals surface area contributed by atoms with Crippen molar-refractivity contribution >= 4 is 44.6 Å². The maximum absolute atomic E-state index is 12.6. The van der Waals surface area contributed by atoms with E-state index >= 15 is 0 Å². The van der Waals surface area contributed by atoms with Crippen LogP contribution in [0.5, 0.6) is 0 Å². The first-order valence-electron chi connectivity index (χ1n) is 5.82. The molecule has 0 amide bonds. The smallest absolute Gasteiger partial charge is 0.337 e. The summed E-state index contributed by atoms with van der Waals surface area (Å²) in [5.41, 5.74) is 0.118. The number of hydrogen-bond acceptors (Lipinski definition) is 5. The minimum absolute atomic E-state index is 0.0784. The summed E-state index contributed by atoms with van der Waals surface area (Å²) in [6, 6.07) is 4.18. The summed E-state index contributed by atoms with van der Waals surface area (Å²) in [6.07, 6.45) is 2.47. The summed E-state index contributed by atoms with van der Waals surface area (Å²) in [7, 11) is -3.79. The number of thiophene rings is 1. The van der Waals surface area contributed by atoms with E-state index in [0.29, 0.717) is 4.34 Å². The second kappa shape index (κ2) is 6.00. The fourth-order valence-corrected chi connectivity index (χ4v) is 4.77. The number of carboxylic acid groups (broad SMARTS) is 1. The Kier molecular flexibility index (Phi) is 4.50. The van der Waals surface area contributed by atoms with Gasteiger partial charge >= 0.3 is 5.97 Å². The maximum Gasteiger partial charge on any atom is 0.337 e. The number of halogens is 1. The Balaban J connectivity index is 2.49. The molecule has 9 heteroatoms. The van der Waals surface area contributed by atoms with E-state index < -0.39 is 16.0 Å². The number of aromatic nitrogens is 1. The van der Waals surface area contributed by atoms with Crippen molar-refractivity contribution in [2.45, 2.75) is 11.1 Å². The SMILES string of the molecule is CCN(c1cncc(C(=O)O)c1)S(=O)(=O)c1ccc(Cl)s1. The van der Waals surface area contributed by atoms with Crippen LogP contribution in [0.1, 0.15) is 17.3 Å². The van der Waals surface area contributed by atoms with Gasteiger partial charge in [0, 0.05) is 12.7 Å². The molecular formula is C12H11ClN2O4S2. The number of aromatic carboxylic acids is 1. The Morgan fingerprint density at radius 3 is 2.67 bits per heavy atom. The third-order valence-corrected chi connectivity index (χ3v) is 6.24. The molecule has 0 unspecified atom stereocenters. The fraction of sp³-hybridized carbons (Fsp3) is 0.167. The molecule has 0 aliphatic carbocycles. The highest BCUT2D eigenvalue weighted by atomic mass is 35.5. The Morgan fingerprint density at radius 1 is 1.43 bits per heavy atom. The topological polar surface area (TPSA) is 87.6 Å². The van der Waals surface area contributed by atoms with Gasteiger partial charge in [0.2, 0.25) is 0 Å². The van der Waals surface area contributed by atoms with E-state index in [9.17, 15) is 13.2 Å². The molecule has 2 rings (SSSR count). The molecule has 0 aliphatic rings. The van der Waals surface area contributed by atoms with Crippen molar-refractivity contribution in [2.24, 2.45) is 0 Å². The molecular weight excluding hydrogens is 336 g/mol. The van der Waals surface area contributed by atoms with Crippen LogP contribution in [-0.4, -0.2) is 31.0 Å². The molecule has 0 atom stereocenters. The van der Waals surface area contributed by atoms with Crippen molar-refractivity contribution < 1.29 is 18.3 Å². The number of nitrogens with zero attached hydrogens (tertiary/aromatic N) is 2. The lowest BCUT2D eigenvalue weighted by atomic mass is 10.2. The summed E-state index contributed by atoms with van der Waals surface area (Å²) in [4.78, 5) is 14.7. The van der Waals surface area contributed by atoms with Gasteiger partial charge in [-0.2, -0.15) is 0 Å². The van der Waals surface area contributed by atoms with E-state index in [4.69, 9.17) is 16.7 Å². The van der Waals surface area contributed by atoms with Crippen molar-refractivity contribution in [1.29, 1.82) is 0 Å². The van der Waals surface area contributed by atoms with Gasteiger partial charge in [0.05, 0.1) is 21.8 Å². The molecule has 0 fully saturated rings. The Morgan fingerprint density at radius 2 is 2.14 bits per heavy atom. The van der Waals surface area contributed by atoms with Crippen molar-refractivity contribution in [1.82, 2.24) is 4.98 Å². The van der Waals surface area contributed by atoms with Gasteiger partial charge in [-0.25, -0.2) is 13.2 Å². The van der Waals surface area contributed by atoms with Gasteiger partial charge in [-0.05, 0) is 25.1 Å². The number of carbonyl (C=O) groups is 1. The van der Waals surface area contributed by atoms with Crippen molar-refractivity contribution in [3.63, 3.8) is 0 Å². The second-order valence-corrected chi connectivity index (χ2v) is 7.77. The van der Waals surface area contributed by atoms with Crippen LogP contribution in [0.4, 0.5) is 5.69 Å². The zero-order valence-electron chi connectivity index (χ0n) is 10.9. The number of carboxylic acids is 1. The largest absolute Gasteiger partial charge is 0.478 e. The summed E-state index contributed by atoms with van der Waals surface area (Å²) >= 11 is 6.72. The zero-order chi connectivity index (χ0) is 15.6. The molecule has 21 heavy (non-hydrogen) atoms. The van der Waals surface area contributed by atoms with Crippen LogP contribution in [0.25, 0.3) is 0 Å². The van der Waals surface area contributed by atoms with E-state index in [0.717, 1.165) is 21.8 Å². The molecule has 2 aromatic rings. The molecule has 6 nitrogen and oxygen atoms in total. The summed E-state index contributed by atoms with van der Waals surface area (Å²) in [5, 5.41) is 8.96. The van der Waals surface area contributed by atoms with E-state index in [2.05, 4.69) is 4.98 Å². The van der Waals surface area contributed by atoms with Crippen molar-refractivity contribution in [3.05, 3.63) is 40.5 Å². The fourth-order valence-electron chi connectivity index (χ4n) is 1.72. The molecule has 0 bridgehead atoms. The molecule has 0 saturated heterocycles. The third-order valence-electron chi connectivity index (χ3n) is 2.64. The first kappa shape index (κ1) is 15.7. The Hall–Kier alpha value is -1.64. The molecule has 0 radical (unpaired) electrons. The van der Waals surface area contributed by atoms with Crippen molar-refractivity contribution in [3.8, 4) is 0 Å². The molecule has 2 heterocycles. The molecule has 1 N–H and O–H groups in total. The van der Waals surface area contributed by atoms with Crippen LogP contribution in [0.2, 0.25) is 4.34 Å². The predicted molar refractivity (Wildman–Crippen MR) is 80.7 cm³/mol. The highest BCUT2D eigenvalue weighted by Crippen LogP contribution is 2.30. The van der Waals surface area contributed by atoms with Crippen LogP contribution in [0.3, 0.4) is 0 Å². The zero-order valence-corrected chi connectivity index (χ0v) is 13.2. The van der Waals surface area contributed by atoms with Gasteiger partial charge in [0.25, 0.3) is 10.0 Å². The van der Waals surface area contributed by atoms with E-state index in [1.807, 2.05) is 0 Å². The molecule has 0 spiro atoms. The summed E-state index contributed by atoms with van der Waals surface area (Å²) < 4.78 is 26.7. The average Bonchev–Trinajstić information content (AvgIpc) is 2.87. The normalized spacial score (nSPS) is 11.3. The number of sulfonamides is 1. The number of pyridine rings is 1. The van der Waals surface area contributed by atoms with Gasteiger partial charge in [0.15, 0.2) is 0 Å². The first-order valence-corrected chi connectivity index (χ1v) is 8.46. The number of hydrogen-bond donors (Lipinski definition) is 1. The quantitative estimate of drug-likeness (QED) is 0.899. The van der Waals surface area contributed by atoms with Crippen molar-refractivity contribution in [2.75, 3.05) is 10.8 Å². The van der Waals surface area contributed by atoms with Gasteiger partial charge < -0.3 is 5.11 Å². The number of anilines is 1. The lowest BCUT2D eigenvalue weighted by molar-refractivity contribution is 0.0696. The molecule has 0 aromatic carbocycles. The average molecular weight is 347 g/mol.